The molecule has 0 unspecified atom stereocenters. The molecule has 0 saturated heterocycles. The van der Waals surface area contributed by atoms with Gasteiger partial charge in [-0.3, -0.25) is 4.98 Å². The van der Waals surface area contributed by atoms with Crippen molar-refractivity contribution in [2.24, 2.45) is 0 Å². The van der Waals surface area contributed by atoms with E-state index in [9.17, 15) is 0 Å². The Hall–Kier alpha value is -1.14. The van der Waals surface area contributed by atoms with Crippen LogP contribution in [0, 0.1) is 0 Å². The van der Waals surface area contributed by atoms with Crippen molar-refractivity contribution in [2.45, 2.75) is 17.6 Å². The standard InChI is InChI=1S/C10H12N4S2/c1-2-12-10-9(13-14-16-10)7-15-8-3-5-11-6-4-8/h3-6,12H,2,7H2,1H3. The van der Waals surface area contributed by atoms with Crippen LogP contribution in [0.15, 0.2) is 29.4 Å². The fraction of sp³-hybridized carbons (Fsp3) is 0.300. The molecule has 6 heteroatoms. The van der Waals surface area contributed by atoms with Crippen molar-refractivity contribution in [1.29, 1.82) is 0 Å². The predicted octanol–water partition coefficient (Wildman–Crippen LogP) is 2.66. The Bertz CT molecular complexity index is 429. The van der Waals surface area contributed by atoms with E-state index in [1.54, 1.807) is 24.2 Å². The number of thioether (sulfide) groups is 1. The summed E-state index contributed by atoms with van der Waals surface area (Å²) in [4.78, 5) is 5.19. The van der Waals surface area contributed by atoms with Gasteiger partial charge in [-0.2, -0.15) is 0 Å². The van der Waals surface area contributed by atoms with E-state index in [1.165, 1.54) is 16.4 Å². The Balaban J connectivity index is 1.97. The van der Waals surface area contributed by atoms with E-state index >= 15 is 0 Å². The van der Waals surface area contributed by atoms with Crippen molar-refractivity contribution in [3.05, 3.63) is 30.2 Å². The first-order valence-electron chi connectivity index (χ1n) is 4.98. The number of pyridine rings is 1. The highest BCUT2D eigenvalue weighted by atomic mass is 32.2. The molecule has 0 amide bonds. The molecule has 1 N–H and O–H groups in total. The number of anilines is 1. The van der Waals surface area contributed by atoms with Crippen LogP contribution < -0.4 is 5.32 Å². The van der Waals surface area contributed by atoms with Crippen molar-refractivity contribution in [3.63, 3.8) is 0 Å². The smallest absolute Gasteiger partial charge is 0.134 e. The highest BCUT2D eigenvalue weighted by molar-refractivity contribution is 7.98. The summed E-state index contributed by atoms with van der Waals surface area (Å²) < 4.78 is 3.96. The van der Waals surface area contributed by atoms with E-state index < -0.39 is 0 Å². The minimum absolute atomic E-state index is 0.836. The second kappa shape index (κ2) is 5.81. The van der Waals surface area contributed by atoms with Crippen LogP contribution in [0.5, 0.6) is 0 Å². The molecule has 2 aromatic rings. The minimum Gasteiger partial charge on any atom is -0.374 e. The number of rotatable bonds is 5. The third-order valence-corrected chi connectivity index (χ3v) is 3.67. The van der Waals surface area contributed by atoms with Crippen LogP contribution in [0.25, 0.3) is 0 Å². The molecule has 0 aliphatic carbocycles. The maximum Gasteiger partial charge on any atom is 0.134 e. The van der Waals surface area contributed by atoms with Gasteiger partial charge in [0.15, 0.2) is 0 Å². The molecule has 84 valence electrons. The van der Waals surface area contributed by atoms with E-state index in [0.717, 1.165) is 23.0 Å². The summed E-state index contributed by atoms with van der Waals surface area (Å²) >= 11 is 3.15. The first kappa shape index (κ1) is 11.3. The van der Waals surface area contributed by atoms with Gasteiger partial charge in [-0.1, -0.05) is 4.49 Å². The van der Waals surface area contributed by atoms with Gasteiger partial charge in [-0.25, -0.2) is 0 Å². The highest BCUT2D eigenvalue weighted by Gasteiger charge is 2.07. The zero-order valence-electron chi connectivity index (χ0n) is 8.88. The second-order valence-electron chi connectivity index (χ2n) is 3.05. The molecule has 0 bridgehead atoms. The molecule has 0 spiro atoms. The predicted molar refractivity (Wildman–Crippen MR) is 67.9 cm³/mol. The molecule has 2 heterocycles. The lowest BCUT2D eigenvalue weighted by Gasteiger charge is -2.01. The van der Waals surface area contributed by atoms with E-state index in [2.05, 4.69) is 26.8 Å². The largest absolute Gasteiger partial charge is 0.374 e. The SMILES string of the molecule is CCNc1snnc1CSc1ccncc1. The Morgan fingerprint density at radius 2 is 2.19 bits per heavy atom. The summed E-state index contributed by atoms with van der Waals surface area (Å²) in [5, 5.41) is 8.45. The van der Waals surface area contributed by atoms with Crippen LogP contribution >= 0.6 is 23.3 Å². The van der Waals surface area contributed by atoms with Gasteiger partial charge in [-0.15, -0.1) is 16.9 Å². The average Bonchev–Trinajstić information content (AvgIpc) is 2.76. The average molecular weight is 252 g/mol. The molecule has 0 radical (unpaired) electrons. The molecular weight excluding hydrogens is 240 g/mol. The van der Waals surface area contributed by atoms with Crippen LogP contribution in [-0.4, -0.2) is 21.1 Å². The molecule has 0 aromatic carbocycles. The van der Waals surface area contributed by atoms with Crippen LogP contribution in [0.2, 0.25) is 0 Å². The maximum atomic E-state index is 4.12. The van der Waals surface area contributed by atoms with Gasteiger partial charge in [0, 0.05) is 41.1 Å². The van der Waals surface area contributed by atoms with Crippen molar-refractivity contribution in [1.82, 2.24) is 14.6 Å². The zero-order chi connectivity index (χ0) is 11.2. The lowest BCUT2D eigenvalue weighted by molar-refractivity contribution is 1.07. The highest BCUT2D eigenvalue weighted by Crippen LogP contribution is 2.26. The summed E-state index contributed by atoms with van der Waals surface area (Å²) in [5.74, 6) is 0.836. The fourth-order valence-corrected chi connectivity index (χ4v) is 2.74. The third-order valence-electron chi connectivity index (χ3n) is 1.92. The Morgan fingerprint density at radius 1 is 1.38 bits per heavy atom. The van der Waals surface area contributed by atoms with Crippen LogP contribution in [0.4, 0.5) is 5.00 Å². The summed E-state index contributed by atoms with van der Waals surface area (Å²) in [5.41, 5.74) is 1.02. The lowest BCUT2D eigenvalue weighted by Crippen LogP contribution is -1.97. The van der Waals surface area contributed by atoms with Crippen molar-refractivity contribution >= 4 is 28.3 Å². The van der Waals surface area contributed by atoms with Gasteiger partial charge in [0.25, 0.3) is 0 Å². The molecule has 2 rings (SSSR count). The topological polar surface area (TPSA) is 50.7 Å². The van der Waals surface area contributed by atoms with Gasteiger partial charge in [0.05, 0.1) is 0 Å². The summed E-state index contributed by atoms with van der Waals surface area (Å²) in [6, 6.07) is 3.99. The van der Waals surface area contributed by atoms with Gasteiger partial charge in [-0.05, 0) is 19.1 Å². The summed E-state index contributed by atoms with van der Waals surface area (Å²) in [7, 11) is 0. The molecule has 16 heavy (non-hydrogen) atoms. The monoisotopic (exact) mass is 252 g/mol. The number of nitrogens with zero attached hydrogens (tertiary/aromatic N) is 3. The second-order valence-corrected chi connectivity index (χ2v) is 4.85. The Labute approximate surface area is 103 Å². The van der Waals surface area contributed by atoms with Crippen LogP contribution in [0.3, 0.4) is 0 Å². The van der Waals surface area contributed by atoms with Gasteiger partial charge >= 0.3 is 0 Å². The fourth-order valence-electron chi connectivity index (χ4n) is 1.18. The van der Waals surface area contributed by atoms with E-state index in [0.29, 0.717) is 0 Å². The van der Waals surface area contributed by atoms with E-state index in [-0.39, 0.29) is 0 Å². The molecule has 0 saturated carbocycles. The molecule has 0 aliphatic rings. The van der Waals surface area contributed by atoms with Crippen LogP contribution in [-0.2, 0) is 5.75 Å². The number of hydrogen-bond acceptors (Lipinski definition) is 6. The number of hydrogen-bond donors (Lipinski definition) is 1. The van der Waals surface area contributed by atoms with Crippen LogP contribution in [0.1, 0.15) is 12.6 Å². The van der Waals surface area contributed by atoms with Crippen molar-refractivity contribution < 1.29 is 0 Å². The Kier molecular flexibility index (Phi) is 4.12. The van der Waals surface area contributed by atoms with E-state index in [4.69, 9.17) is 0 Å². The molecular formula is C10H12N4S2. The van der Waals surface area contributed by atoms with Gasteiger partial charge in [0.2, 0.25) is 0 Å². The van der Waals surface area contributed by atoms with Crippen molar-refractivity contribution in [2.75, 3.05) is 11.9 Å². The molecule has 2 aromatic heterocycles. The number of aromatic nitrogens is 3. The molecule has 4 nitrogen and oxygen atoms in total. The third kappa shape index (κ3) is 2.93. The van der Waals surface area contributed by atoms with Gasteiger partial charge < -0.3 is 5.32 Å². The minimum atomic E-state index is 0.836. The summed E-state index contributed by atoms with van der Waals surface area (Å²) in [6.07, 6.45) is 3.60. The van der Waals surface area contributed by atoms with Crippen molar-refractivity contribution in [3.8, 4) is 0 Å². The Morgan fingerprint density at radius 3 is 2.94 bits per heavy atom. The maximum absolute atomic E-state index is 4.12. The van der Waals surface area contributed by atoms with Gasteiger partial charge in [0.1, 0.15) is 10.7 Å². The first-order valence-corrected chi connectivity index (χ1v) is 6.74. The lowest BCUT2D eigenvalue weighted by atomic mass is 10.5. The molecule has 0 fully saturated rings. The molecule has 0 atom stereocenters. The normalized spacial score (nSPS) is 10.3. The van der Waals surface area contributed by atoms with E-state index in [1.807, 2.05) is 12.1 Å². The molecule has 0 aliphatic heterocycles. The zero-order valence-corrected chi connectivity index (χ0v) is 10.5. The quantitative estimate of drug-likeness (QED) is 0.829. The summed E-state index contributed by atoms with van der Waals surface area (Å²) in [6.45, 7) is 2.97. The first-order chi connectivity index (χ1) is 7.90. The number of nitrogens with one attached hydrogen (secondary N) is 1.